The van der Waals surface area contributed by atoms with Crippen molar-refractivity contribution >= 4 is 0 Å². The molecule has 0 aliphatic carbocycles. The molecule has 0 aliphatic rings. The maximum Gasteiger partial charge on any atom is -0.0279 e. The fraction of sp³-hybridized carbons (Fsp3) is 0.235. The van der Waals surface area contributed by atoms with Gasteiger partial charge in [-0.2, -0.15) is 0 Å². The lowest BCUT2D eigenvalue weighted by Crippen LogP contribution is -1.88. The Balaban J connectivity index is 0.00000144. The fourth-order valence-corrected chi connectivity index (χ4v) is 1.95. The Hall–Kier alpha value is -1.56. The van der Waals surface area contributed by atoms with E-state index in [2.05, 4.69) is 60.7 Å². The highest BCUT2D eigenvalue weighted by Gasteiger charge is 1.94. The van der Waals surface area contributed by atoms with E-state index in [1.54, 1.807) is 0 Å². The molecule has 0 saturated carbocycles. The van der Waals surface area contributed by atoms with Gasteiger partial charge < -0.3 is 0 Å². The minimum atomic E-state index is 0. The van der Waals surface area contributed by atoms with Crippen LogP contribution in [0.15, 0.2) is 60.7 Å². The van der Waals surface area contributed by atoms with Crippen molar-refractivity contribution in [2.45, 2.75) is 25.7 Å². The first kappa shape index (κ1) is 13.5. The molecule has 0 fully saturated rings. The molecule has 2 aromatic carbocycles. The van der Waals surface area contributed by atoms with E-state index in [1.807, 2.05) is 0 Å². The van der Waals surface area contributed by atoms with E-state index < -0.39 is 0 Å². The first-order chi connectivity index (χ1) is 7.95. The molecule has 0 atom stereocenters. The van der Waals surface area contributed by atoms with E-state index >= 15 is 0 Å². The average molecular weight is 223 g/mol. The molecule has 3 radical (unpaired) electrons. The van der Waals surface area contributed by atoms with Crippen LogP contribution in [0.3, 0.4) is 0 Å². The molecule has 0 aromatic heterocycles. The monoisotopic (exact) mass is 223 g/mol. The predicted octanol–water partition coefficient (Wildman–Crippen LogP) is 4.46. The summed E-state index contributed by atoms with van der Waals surface area (Å²) in [5, 5.41) is 0. The Kier molecular flexibility index (Phi) is 6.09. The second-order valence-electron chi connectivity index (χ2n) is 4.18. The molecule has 0 heterocycles. The molecule has 0 N–H and O–H groups in total. The molecule has 17 heavy (non-hydrogen) atoms. The molecule has 0 bridgehead atoms. The molecule has 0 amide bonds. The van der Waals surface area contributed by atoms with Crippen LogP contribution in [0.5, 0.6) is 0 Å². The van der Waals surface area contributed by atoms with Crippen molar-refractivity contribution in [2.75, 3.05) is 0 Å². The van der Waals surface area contributed by atoms with Crippen LogP contribution in [0.25, 0.3) is 0 Å². The van der Waals surface area contributed by atoms with Gasteiger partial charge in [-0.25, -0.2) is 0 Å². The number of hydrogen-bond acceptors (Lipinski definition) is 0. The molecule has 0 aliphatic heterocycles. The van der Waals surface area contributed by atoms with Crippen molar-refractivity contribution in [3.8, 4) is 0 Å². The zero-order valence-corrected chi connectivity index (χ0v) is 10.2. The van der Waals surface area contributed by atoms with Crippen LogP contribution in [-0.2, 0) is 12.8 Å². The summed E-state index contributed by atoms with van der Waals surface area (Å²) in [5.74, 6) is 0. The third-order valence-corrected chi connectivity index (χ3v) is 2.87. The van der Waals surface area contributed by atoms with Crippen LogP contribution in [0.2, 0.25) is 0 Å². The zero-order valence-electron chi connectivity index (χ0n) is 10.2. The van der Waals surface area contributed by atoms with Gasteiger partial charge in [-0.05, 0) is 44.2 Å². The van der Waals surface area contributed by atoms with Crippen LogP contribution >= 0.6 is 0 Å². The molecule has 2 aromatic rings. The molecule has 0 saturated heterocycles. The Morgan fingerprint density at radius 3 is 1.24 bits per heavy atom. The molecular formula is C17H19. The highest BCUT2D eigenvalue weighted by Crippen LogP contribution is 2.08. The molecule has 2 rings (SSSR count). The maximum absolute atomic E-state index is 2.21. The van der Waals surface area contributed by atoms with E-state index in [-0.39, 0.29) is 7.43 Å². The first-order valence-corrected chi connectivity index (χ1v) is 6.03. The van der Waals surface area contributed by atoms with Gasteiger partial charge in [0.1, 0.15) is 0 Å². The largest absolute Gasteiger partial charge is 0.0622 e. The normalized spacial score (nSPS) is 9.65. The third-order valence-electron chi connectivity index (χ3n) is 2.87. The quantitative estimate of drug-likeness (QED) is 0.657. The zero-order chi connectivity index (χ0) is 11.1. The SMILES string of the molecule is [CH].c1ccc(CCCCc2ccccc2)cc1. The summed E-state index contributed by atoms with van der Waals surface area (Å²) < 4.78 is 0. The van der Waals surface area contributed by atoms with Gasteiger partial charge in [0, 0.05) is 0 Å². The van der Waals surface area contributed by atoms with E-state index in [0.717, 1.165) is 0 Å². The van der Waals surface area contributed by atoms with Gasteiger partial charge in [0.25, 0.3) is 0 Å². The van der Waals surface area contributed by atoms with E-state index in [4.69, 9.17) is 0 Å². The van der Waals surface area contributed by atoms with Crippen LogP contribution in [0.4, 0.5) is 0 Å². The average Bonchev–Trinajstić information content (AvgIpc) is 2.37. The summed E-state index contributed by atoms with van der Waals surface area (Å²) in [4.78, 5) is 0. The lowest BCUT2D eigenvalue weighted by atomic mass is 10.0. The van der Waals surface area contributed by atoms with Gasteiger partial charge in [-0.3, -0.25) is 0 Å². The van der Waals surface area contributed by atoms with E-state index in [0.29, 0.717) is 0 Å². The molecule has 0 heteroatoms. The molecule has 0 unspecified atom stereocenters. The summed E-state index contributed by atoms with van der Waals surface area (Å²) in [6.45, 7) is 0. The van der Waals surface area contributed by atoms with Gasteiger partial charge >= 0.3 is 0 Å². The van der Waals surface area contributed by atoms with Crippen LogP contribution < -0.4 is 0 Å². The number of hydrogen-bond donors (Lipinski definition) is 0. The second-order valence-corrected chi connectivity index (χ2v) is 4.18. The van der Waals surface area contributed by atoms with Gasteiger partial charge in [-0.15, -0.1) is 0 Å². The first-order valence-electron chi connectivity index (χ1n) is 6.03. The Morgan fingerprint density at radius 2 is 0.882 bits per heavy atom. The highest BCUT2D eigenvalue weighted by atomic mass is 14.0. The van der Waals surface area contributed by atoms with Crippen molar-refractivity contribution in [1.29, 1.82) is 0 Å². The van der Waals surface area contributed by atoms with Crippen molar-refractivity contribution in [1.82, 2.24) is 0 Å². The summed E-state index contributed by atoms with van der Waals surface area (Å²) >= 11 is 0. The number of aryl methyl sites for hydroxylation is 2. The predicted molar refractivity (Wildman–Crippen MR) is 73.8 cm³/mol. The fourth-order valence-electron chi connectivity index (χ4n) is 1.95. The summed E-state index contributed by atoms with van der Waals surface area (Å²) in [7, 11) is 0. The van der Waals surface area contributed by atoms with Gasteiger partial charge in [0.05, 0.1) is 0 Å². The number of benzene rings is 2. The van der Waals surface area contributed by atoms with Crippen molar-refractivity contribution in [3.63, 3.8) is 0 Å². The van der Waals surface area contributed by atoms with E-state index in [1.165, 1.54) is 36.8 Å². The Morgan fingerprint density at radius 1 is 0.529 bits per heavy atom. The summed E-state index contributed by atoms with van der Waals surface area (Å²) in [5.41, 5.74) is 2.91. The topological polar surface area (TPSA) is 0 Å². The Bertz CT molecular complexity index is 347. The Labute approximate surface area is 105 Å². The number of unbranched alkanes of at least 4 members (excludes halogenated alkanes) is 1. The van der Waals surface area contributed by atoms with Gasteiger partial charge in [0.15, 0.2) is 0 Å². The molecule has 87 valence electrons. The van der Waals surface area contributed by atoms with Crippen molar-refractivity contribution in [2.24, 2.45) is 0 Å². The van der Waals surface area contributed by atoms with Gasteiger partial charge in [0.2, 0.25) is 0 Å². The second kappa shape index (κ2) is 7.67. The maximum atomic E-state index is 2.21. The summed E-state index contributed by atoms with van der Waals surface area (Å²) in [6.07, 6.45) is 4.96. The van der Waals surface area contributed by atoms with Crippen LogP contribution in [-0.4, -0.2) is 0 Å². The molecular weight excluding hydrogens is 204 g/mol. The standard InChI is InChI=1S/C16H18.CH/c1-3-9-15(10-4-1)13-7-8-14-16-11-5-2-6-12-16;/h1-6,9-12H,7-8,13-14H2;1H. The summed E-state index contributed by atoms with van der Waals surface area (Å²) in [6, 6.07) is 21.5. The van der Waals surface area contributed by atoms with Crippen LogP contribution in [0.1, 0.15) is 24.0 Å². The van der Waals surface area contributed by atoms with Crippen molar-refractivity contribution in [3.05, 3.63) is 79.2 Å². The molecule has 0 nitrogen and oxygen atoms in total. The smallest absolute Gasteiger partial charge is 0.0279 e. The third kappa shape index (κ3) is 4.86. The minimum absolute atomic E-state index is 0. The minimum Gasteiger partial charge on any atom is -0.0622 e. The lowest BCUT2D eigenvalue weighted by molar-refractivity contribution is 0.734. The van der Waals surface area contributed by atoms with Gasteiger partial charge in [-0.1, -0.05) is 60.7 Å². The van der Waals surface area contributed by atoms with E-state index in [9.17, 15) is 0 Å². The highest BCUT2D eigenvalue weighted by molar-refractivity contribution is 5.16. The number of rotatable bonds is 5. The lowest BCUT2D eigenvalue weighted by Gasteiger charge is -2.02. The molecule has 0 spiro atoms. The van der Waals surface area contributed by atoms with Crippen molar-refractivity contribution < 1.29 is 0 Å². The van der Waals surface area contributed by atoms with Crippen LogP contribution in [0, 0.1) is 7.43 Å².